The molecule has 2 rings (SSSR count). The second kappa shape index (κ2) is 5.68. The summed E-state index contributed by atoms with van der Waals surface area (Å²) in [6.07, 6.45) is 4.51. The summed E-state index contributed by atoms with van der Waals surface area (Å²) < 4.78 is 14.8. The van der Waals surface area contributed by atoms with Crippen molar-refractivity contribution in [1.82, 2.24) is 5.32 Å². The van der Waals surface area contributed by atoms with Gasteiger partial charge in [0.15, 0.2) is 0 Å². The highest BCUT2D eigenvalue weighted by molar-refractivity contribution is 9.10. The zero-order chi connectivity index (χ0) is 12.4. The van der Waals surface area contributed by atoms with Crippen molar-refractivity contribution in [3.8, 4) is 0 Å². The average Bonchev–Trinajstić information content (AvgIpc) is 2.36. The molecule has 17 heavy (non-hydrogen) atoms. The Morgan fingerprint density at radius 3 is 2.76 bits per heavy atom. The first-order valence-electron chi connectivity index (χ1n) is 5.95. The van der Waals surface area contributed by atoms with Crippen LogP contribution in [-0.4, -0.2) is 13.1 Å². The van der Waals surface area contributed by atoms with Gasteiger partial charge in [-0.2, -0.15) is 0 Å². The highest BCUT2D eigenvalue weighted by Crippen LogP contribution is 2.38. The molecule has 1 aliphatic carbocycles. The third-order valence-electron chi connectivity index (χ3n) is 3.60. The highest BCUT2D eigenvalue weighted by Gasteiger charge is 2.28. The Morgan fingerprint density at radius 2 is 2.06 bits per heavy atom. The van der Waals surface area contributed by atoms with Gasteiger partial charge in [0.2, 0.25) is 0 Å². The SMILES string of the molecule is CNC1CCCCC1c1ccc(Br)c(Cl)c1F. The van der Waals surface area contributed by atoms with Gasteiger partial charge in [-0.05, 0) is 47.4 Å². The van der Waals surface area contributed by atoms with Gasteiger partial charge in [0.25, 0.3) is 0 Å². The van der Waals surface area contributed by atoms with E-state index >= 15 is 0 Å². The Bertz CT molecular complexity index is 411. The third kappa shape index (κ3) is 2.67. The van der Waals surface area contributed by atoms with Crippen molar-refractivity contribution in [3.63, 3.8) is 0 Å². The first kappa shape index (κ1) is 13.3. The predicted octanol–water partition coefficient (Wildman–Crippen LogP) is 4.49. The number of benzene rings is 1. The summed E-state index contributed by atoms with van der Waals surface area (Å²) in [5, 5.41) is 3.49. The number of nitrogens with one attached hydrogen (secondary N) is 1. The molecule has 0 heterocycles. The largest absolute Gasteiger partial charge is 0.316 e. The van der Waals surface area contributed by atoms with Crippen molar-refractivity contribution in [2.75, 3.05) is 7.05 Å². The first-order chi connectivity index (χ1) is 8.15. The molecule has 0 radical (unpaired) electrons. The summed E-state index contributed by atoms with van der Waals surface area (Å²) in [7, 11) is 1.95. The average molecular weight is 321 g/mol. The van der Waals surface area contributed by atoms with E-state index in [2.05, 4.69) is 21.2 Å². The Labute approximate surface area is 115 Å². The lowest BCUT2D eigenvalue weighted by molar-refractivity contribution is 0.337. The van der Waals surface area contributed by atoms with Gasteiger partial charge < -0.3 is 5.32 Å². The Hall–Kier alpha value is -0.120. The molecule has 0 bridgehead atoms. The fourth-order valence-electron chi connectivity index (χ4n) is 2.68. The molecule has 4 heteroatoms. The molecule has 0 aromatic heterocycles. The lowest BCUT2D eigenvalue weighted by Gasteiger charge is -2.32. The minimum Gasteiger partial charge on any atom is -0.316 e. The van der Waals surface area contributed by atoms with Crippen molar-refractivity contribution >= 4 is 27.5 Å². The van der Waals surface area contributed by atoms with Crippen LogP contribution in [0.15, 0.2) is 16.6 Å². The molecule has 1 aromatic carbocycles. The van der Waals surface area contributed by atoms with E-state index < -0.39 is 0 Å². The zero-order valence-electron chi connectivity index (χ0n) is 9.77. The standard InChI is InChI=1S/C13H16BrClFN/c1-17-11-5-3-2-4-8(11)9-6-7-10(14)12(15)13(9)16/h6-8,11,17H,2-5H2,1H3. The number of hydrogen-bond acceptors (Lipinski definition) is 1. The third-order valence-corrected chi connectivity index (χ3v) is 4.86. The first-order valence-corrected chi connectivity index (χ1v) is 7.13. The van der Waals surface area contributed by atoms with E-state index in [1.807, 2.05) is 19.2 Å². The summed E-state index contributed by atoms with van der Waals surface area (Å²) in [6.45, 7) is 0. The van der Waals surface area contributed by atoms with Crippen LogP contribution in [0.3, 0.4) is 0 Å². The van der Waals surface area contributed by atoms with E-state index in [9.17, 15) is 4.39 Å². The molecule has 1 N–H and O–H groups in total. The van der Waals surface area contributed by atoms with Crippen LogP contribution in [0.4, 0.5) is 4.39 Å². The smallest absolute Gasteiger partial charge is 0.146 e. The molecule has 1 saturated carbocycles. The van der Waals surface area contributed by atoms with Gasteiger partial charge in [-0.3, -0.25) is 0 Å². The summed E-state index contributed by atoms with van der Waals surface area (Å²) in [5.41, 5.74) is 0.747. The van der Waals surface area contributed by atoms with E-state index in [0.29, 0.717) is 10.5 Å². The van der Waals surface area contributed by atoms with E-state index in [1.54, 1.807) is 0 Å². The highest BCUT2D eigenvalue weighted by atomic mass is 79.9. The maximum absolute atomic E-state index is 14.2. The molecular formula is C13H16BrClFN. The van der Waals surface area contributed by atoms with E-state index in [4.69, 9.17) is 11.6 Å². The molecule has 2 atom stereocenters. The second-order valence-corrected chi connectivity index (χ2v) is 5.78. The number of halogens is 3. The predicted molar refractivity (Wildman–Crippen MR) is 73.2 cm³/mol. The second-order valence-electron chi connectivity index (χ2n) is 4.55. The maximum atomic E-state index is 14.2. The van der Waals surface area contributed by atoms with Crippen LogP contribution < -0.4 is 5.32 Å². The molecule has 0 saturated heterocycles. The van der Waals surface area contributed by atoms with Crippen molar-refractivity contribution in [2.45, 2.75) is 37.6 Å². The van der Waals surface area contributed by atoms with Gasteiger partial charge in [0.1, 0.15) is 5.82 Å². The van der Waals surface area contributed by atoms with Crippen LogP contribution in [0.25, 0.3) is 0 Å². The minimum absolute atomic E-state index is 0.197. The lowest BCUT2D eigenvalue weighted by Crippen LogP contribution is -2.35. The molecule has 0 spiro atoms. The summed E-state index contributed by atoms with van der Waals surface area (Å²) >= 11 is 9.20. The Kier molecular flexibility index (Phi) is 4.45. The van der Waals surface area contributed by atoms with Gasteiger partial charge >= 0.3 is 0 Å². The number of hydrogen-bond donors (Lipinski definition) is 1. The van der Waals surface area contributed by atoms with Crippen molar-refractivity contribution in [1.29, 1.82) is 0 Å². The quantitative estimate of drug-likeness (QED) is 0.792. The zero-order valence-corrected chi connectivity index (χ0v) is 12.1. The van der Waals surface area contributed by atoms with Crippen LogP contribution >= 0.6 is 27.5 Å². The van der Waals surface area contributed by atoms with E-state index in [-0.39, 0.29) is 16.8 Å². The van der Waals surface area contributed by atoms with Gasteiger partial charge in [-0.25, -0.2) is 4.39 Å². The molecular weight excluding hydrogens is 305 g/mol. The summed E-state index contributed by atoms with van der Waals surface area (Å²) in [4.78, 5) is 0. The van der Waals surface area contributed by atoms with Gasteiger partial charge in [0, 0.05) is 16.4 Å². The van der Waals surface area contributed by atoms with Crippen molar-refractivity contribution in [2.24, 2.45) is 0 Å². The Morgan fingerprint density at radius 1 is 1.35 bits per heavy atom. The van der Waals surface area contributed by atoms with Crippen molar-refractivity contribution < 1.29 is 4.39 Å². The monoisotopic (exact) mass is 319 g/mol. The molecule has 1 fully saturated rings. The van der Waals surface area contributed by atoms with Crippen LogP contribution in [0.1, 0.15) is 37.2 Å². The van der Waals surface area contributed by atoms with Crippen LogP contribution in [-0.2, 0) is 0 Å². The minimum atomic E-state index is -0.270. The van der Waals surface area contributed by atoms with Gasteiger partial charge in [-0.15, -0.1) is 0 Å². The molecule has 94 valence electrons. The maximum Gasteiger partial charge on any atom is 0.146 e. The number of likely N-dealkylation sites (N-methyl/N-ethyl adjacent to an activating group) is 1. The topological polar surface area (TPSA) is 12.0 Å². The molecule has 1 aliphatic rings. The number of rotatable bonds is 2. The van der Waals surface area contributed by atoms with Crippen molar-refractivity contribution in [3.05, 3.63) is 33.0 Å². The lowest BCUT2D eigenvalue weighted by atomic mass is 9.80. The van der Waals surface area contributed by atoms with Gasteiger partial charge in [0.05, 0.1) is 5.02 Å². The summed E-state index contributed by atoms with van der Waals surface area (Å²) in [6, 6.07) is 4.05. The molecule has 2 unspecified atom stereocenters. The van der Waals surface area contributed by atoms with E-state index in [0.717, 1.165) is 24.8 Å². The molecule has 1 aromatic rings. The van der Waals surface area contributed by atoms with Gasteiger partial charge in [-0.1, -0.05) is 30.5 Å². The molecule has 0 aliphatic heterocycles. The summed E-state index contributed by atoms with van der Waals surface area (Å²) in [5.74, 6) is -0.0347. The fraction of sp³-hybridized carbons (Fsp3) is 0.538. The molecule has 0 amide bonds. The van der Waals surface area contributed by atoms with Crippen LogP contribution in [0.2, 0.25) is 5.02 Å². The van der Waals surface area contributed by atoms with Crippen LogP contribution in [0, 0.1) is 5.82 Å². The van der Waals surface area contributed by atoms with E-state index in [1.165, 1.54) is 6.42 Å². The fourth-order valence-corrected chi connectivity index (χ4v) is 3.15. The van der Waals surface area contributed by atoms with Crippen LogP contribution in [0.5, 0.6) is 0 Å². The Balaban J connectivity index is 2.35. The normalized spacial score (nSPS) is 24.9. The molecule has 1 nitrogen and oxygen atoms in total.